The highest BCUT2D eigenvalue weighted by Crippen LogP contribution is 2.16. The molecule has 1 rings (SSSR count). The fourth-order valence-corrected chi connectivity index (χ4v) is 1.63. The van der Waals surface area contributed by atoms with E-state index in [1.165, 1.54) is 0 Å². The minimum atomic E-state index is -3.55. The molecule has 0 atom stereocenters. The summed E-state index contributed by atoms with van der Waals surface area (Å²) in [6, 6.07) is 0. The Morgan fingerprint density at radius 2 is 2.08 bits per heavy atom. The van der Waals surface area contributed by atoms with Crippen LogP contribution in [0.2, 0.25) is 0 Å². The first-order valence-corrected chi connectivity index (χ1v) is 5.72. The van der Waals surface area contributed by atoms with Gasteiger partial charge in [0.25, 0.3) is 0 Å². The van der Waals surface area contributed by atoms with Crippen LogP contribution in [0, 0.1) is 13.8 Å². The lowest BCUT2D eigenvalue weighted by molar-refractivity contribution is 0.388. The molecule has 0 spiro atoms. The van der Waals surface area contributed by atoms with Crippen LogP contribution in [0.1, 0.15) is 17.0 Å². The van der Waals surface area contributed by atoms with E-state index >= 15 is 0 Å². The maximum Gasteiger partial charge on any atom is 0.239 e. The Morgan fingerprint density at radius 3 is 2.42 bits per heavy atom. The summed E-state index contributed by atoms with van der Waals surface area (Å²) in [6.07, 6.45) is 0. The maximum absolute atomic E-state index is 10.6. The summed E-state index contributed by atoms with van der Waals surface area (Å²) in [5, 5.41) is 3.60. The van der Waals surface area contributed by atoms with E-state index in [0.717, 1.165) is 5.56 Å². The van der Waals surface area contributed by atoms with Gasteiger partial charge in [-0.2, -0.15) is 0 Å². The molecule has 0 aliphatic heterocycles. The van der Waals surface area contributed by atoms with Crippen molar-refractivity contribution in [1.29, 1.82) is 0 Å². The van der Waals surface area contributed by atoms with Gasteiger partial charge in [0.15, 0.2) is 5.76 Å². The molecule has 0 radical (unpaired) electrons. The lowest BCUT2D eigenvalue weighted by Gasteiger charge is -1.91. The summed E-state index contributed by atoms with van der Waals surface area (Å²) in [5.41, 5.74) is 1.42. The number of nitrogens with zero attached hydrogens (tertiary/aromatic N) is 1. The van der Waals surface area contributed by atoms with Crippen LogP contribution in [0.5, 0.6) is 0 Å². The zero-order chi connectivity index (χ0) is 9.35. The molecular formula is C6H8ClNO3S. The summed E-state index contributed by atoms with van der Waals surface area (Å²) in [4.78, 5) is 0. The largest absolute Gasteiger partial charge is 0.360 e. The van der Waals surface area contributed by atoms with Crippen molar-refractivity contribution >= 4 is 19.7 Å². The minimum absolute atomic E-state index is 0.304. The third-order valence-electron chi connectivity index (χ3n) is 1.56. The van der Waals surface area contributed by atoms with Gasteiger partial charge in [-0.15, -0.1) is 0 Å². The van der Waals surface area contributed by atoms with E-state index in [4.69, 9.17) is 15.2 Å². The van der Waals surface area contributed by atoms with Crippen LogP contribution in [-0.2, 0) is 14.8 Å². The first kappa shape index (κ1) is 9.54. The van der Waals surface area contributed by atoms with Crippen molar-refractivity contribution in [1.82, 2.24) is 5.16 Å². The van der Waals surface area contributed by atoms with E-state index in [9.17, 15) is 8.42 Å². The highest BCUT2D eigenvalue weighted by atomic mass is 35.7. The standard InChI is InChI=1S/C6H8ClNO3S/c1-4-5(2)8-11-6(4)3-12(7,9)10/h3H2,1-2H3. The van der Waals surface area contributed by atoms with E-state index in [2.05, 4.69) is 5.16 Å². The molecule has 4 nitrogen and oxygen atoms in total. The fraction of sp³-hybridized carbons (Fsp3) is 0.500. The molecule has 0 N–H and O–H groups in total. The van der Waals surface area contributed by atoms with Crippen LogP contribution in [0.25, 0.3) is 0 Å². The molecule has 0 unspecified atom stereocenters. The van der Waals surface area contributed by atoms with Crippen molar-refractivity contribution in [2.75, 3.05) is 0 Å². The second kappa shape index (κ2) is 3.06. The van der Waals surface area contributed by atoms with E-state index in [-0.39, 0.29) is 5.75 Å². The van der Waals surface area contributed by atoms with Gasteiger partial charge in [-0.25, -0.2) is 8.42 Å². The number of rotatable bonds is 2. The van der Waals surface area contributed by atoms with Crippen LogP contribution in [-0.4, -0.2) is 13.6 Å². The summed E-state index contributed by atoms with van der Waals surface area (Å²) in [6.45, 7) is 3.48. The lowest BCUT2D eigenvalue weighted by atomic mass is 10.2. The van der Waals surface area contributed by atoms with Crippen molar-refractivity contribution < 1.29 is 12.9 Å². The van der Waals surface area contributed by atoms with Crippen LogP contribution in [0.3, 0.4) is 0 Å². The molecule has 0 saturated heterocycles. The SMILES string of the molecule is Cc1noc(CS(=O)(=O)Cl)c1C. The third-order valence-corrected chi connectivity index (χ3v) is 2.49. The average Bonchev–Trinajstić information content (AvgIpc) is 2.16. The van der Waals surface area contributed by atoms with Crippen LogP contribution < -0.4 is 0 Å². The highest BCUT2D eigenvalue weighted by Gasteiger charge is 2.15. The Labute approximate surface area is 74.9 Å². The molecule has 0 aliphatic rings. The van der Waals surface area contributed by atoms with E-state index < -0.39 is 9.05 Å². The van der Waals surface area contributed by atoms with E-state index in [1.807, 2.05) is 0 Å². The van der Waals surface area contributed by atoms with E-state index in [0.29, 0.717) is 11.5 Å². The molecule has 1 aromatic rings. The summed E-state index contributed by atoms with van der Waals surface area (Å²) < 4.78 is 26.0. The first-order chi connectivity index (χ1) is 5.40. The molecule has 0 aromatic carbocycles. The van der Waals surface area contributed by atoms with Gasteiger partial charge in [-0.05, 0) is 13.8 Å². The van der Waals surface area contributed by atoms with Crippen LogP contribution in [0.4, 0.5) is 0 Å². The monoisotopic (exact) mass is 209 g/mol. The first-order valence-electron chi connectivity index (χ1n) is 3.24. The summed E-state index contributed by atoms with van der Waals surface area (Å²) >= 11 is 0. The molecule has 1 aromatic heterocycles. The predicted octanol–water partition coefficient (Wildman–Crippen LogP) is 1.36. The van der Waals surface area contributed by atoms with Crippen LogP contribution >= 0.6 is 10.7 Å². The minimum Gasteiger partial charge on any atom is -0.360 e. The number of hydrogen-bond acceptors (Lipinski definition) is 4. The Morgan fingerprint density at radius 1 is 1.50 bits per heavy atom. The lowest BCUT2D eigenvalue weighted by Crippen LogP contribution is -1.95. The Balaban J connectivity index is 2.99. The number of hydrogen-bond donors (Lipinski definition) is 0. The van der Waals surface area contributed by atoms with Gasteiger partial charge in [0, 0.05) is 16.2 Å². The van der Waals surface area contributed by atoms with Crippen molar-refractivity contribution in [2.24, 2.45) is 0 Å². The smallest absolute Gasteiger partial charge is 0.239 e. The molecule has 0 saturated carbocycles. The second-order valence-electron chi connectivity index (χ2n) is 2.50. The van der Waals surface area contributed by atoms with Gasteiger partial charge in [-0.1, -0.05) is 5.16 Å². The van der Waals surface area contributed by atoms with Crippen molar-refractivity contribution in [3.05, 3.63) is 17.0 Å². The predicted molar refractivity (Wildman–Crippen MR) is 44.5 cm³/mol. The van der Waals surface area contributed by atoms with Gasteiger partial charge in [0.1, 0.15) is 5.75 Å². The van der Waals surface area contributed by atoms with Crippen molar-refractivity contribution in [3.63, 3.8) is 0 Å². The maximum atomic E-state index is 10.6. The Bertz CT molecular complexity index is 381. The molecule has 12 heavy (non-hydrogen) atoms. The van der Waals surface area contributed by atoms with Crippen LogP contribution in [0.15, 0.2) is 4.52 Å². The highest BCUT2D eigenvalue weighted by molar-refractivity contribution is 8.13. The Hall–Kier alpha value is -0.550. The molecule has 6 heteroatoms. The van der Waals surface area contributed by atoms with Gasteiger partial charge in [0.05, 0.1) is 5.69 Å². The van der Waals surface area contributed by atoms with Crippen molar-refractivity contribution in [3.8, 4) is 0 Å². The molecule has 0 amide bonds. The summed E-state index contributed by atoms with van der Waals surface area (Å²) in [5.74, 6) is 0.00353. The molecule has 68 valence electrons. The number of halogens is 1. The summed E-state index contributed by atoms with van der Waals surface area (Å²) in [7, 11) is 1.49. The second-order valence-corrected chi connectivity index (χ2v) is 5.28. The van der Waals surface area contributed by atoms with Gasteiger partial charge < -0.3 is 4.52 Å². The number of aryl methyl sites for hydroxylation is 1. The van der Waals surface area contributed by atoms with Gasteiger partial charge in [0.2, 0.25) is 9.05 Å². The zero-order valence-corrected chi connectivity index (χ0v) is 8.24. The van der Waals surface area contributed by atoms with Gasteiger partial charge in [-0.3, -0.25) is 0 Å². The normalized spacial score (nSPS) is 11.9. The zero-order valence-electron chi connectivity index (χ0n) is 6.67. The molecule has 0 aliphatic carbocycles. The quantitative estimate of drug-likeness (QED) is 0.690. The molecule has 0 bridgehead atoms. The van der Waals surface area contributed by atoms with Crippen molar-refractivity contribution in [2.45, 2.75) is 19.6 Å². The molecular weight excluding hydrogens is 202 g/mol. The average molecular weight is 210 g/mol. The topological polar surface area (TPSA) is 60.2 Å². The van der Waals surface area contributed by atoms with E-state index in [1.54, 1.807) is 13.8 Å². The number of aromatic nitrogens is 1. The Kier molecular flexibility index (Phi) is 2.44. The third kappa shape index (κ3) is 2.22. The molecule has 0 fully saturated rings. The molecule has 1 heterocycles. The fourth-order valence-electron chi connectivity index (χ4n) is 0.753. The van der Waals surface area contributed by atoms with Gasteiger partial charge >= 0.3 is 0 Å².